The molecule has 0 N–H and O–H groups in total. The molecule has 6 aromatic rings. The molecule has 0 fully saturated rings. The van der Waals surface area contributed by atoms with E-state index in [2.05, 4.69) is 167 Å². The van der Waals surface area contributed by atoms with Crippen molar-refractivity contribution in [3.63, 3.8) is 0 Å². The molecule has 0 spiro atoms. The van der Waals surface area contributed by atoms with Crippen molar-refractivity contribution in [1.29, 1.82) is 0 Å². The average molecular weight is 876 g/mol. The Hall–Kier alpha value is -4.70. The fourth-order valence-corrected chi connectivity index (χ4v) is 6.96. The molecule has 1 aromatic heterocycles. The van der Waals surface area contributed by atoms with E-state index in [9.17, 15) is 0 Å². The van der Waals surface area contributed by atoms with Gasteiger partial charge in [0.1, 0.15) is 11.9 Å². The van der Waals surface area contributed by atoms with Crippen LogP contribution in [0, 0.1) is 12.1 Å². The second-order valence-corrected chi connectivity index (χ2v) is 14.7. The number of nitrogens with zero attached hydrogens (tertiary/aromatic N) is 4. The number of imidazole rings is 1. The maximum Gasteiger partial charge on any atom is 0.248 e. The van der Waals surface area contributed by atoms with Crippen LogP contribution in [0.2, 0.25) is 0 Å². The first-order chi connectivity index (χ1) is 25.2. The van der Waals surface area contributed by atoms with Gasteiger partial charge in [0.25, 0.3) is 0 Å². The van der Waals surface area contributed by atoms with Gasteiger partial charge in [0, 0.05) is 49.3 Å². The first-order valence-corrected chi connectivity index (χ1v) is 18.7. The zero-order valence-electron chi connectivity index (χ0n) is 32.3. The molecule has 1 radical (unpaired) electrons. The van der Waals surface area contributed by atoms with E-state index in [1.165, 1.54) is 44.8 Å². The Morgan fingerprint density at radius 3 is 1.68 bits per heavy atom. The Bertz CT molecular complexity index is 2100. The van der Waals surface area contributed by atoms with Crippen molar-refractivity contribution in [2.75, 3.05) is 6.54 Å². The maximum absolute atomic E-state index is 4.72. The number of rotatable bonds is 9. The Labute approximate surface area is 330 Å². The summed E-state index contributed by atoms with van der Waals surface area (Å²) in [4.78, 5) is 9.40. The van der Waals surface area contributed by atoms with Gasteiger partial charge in [0.15, 0.2) is 6.54 Å². The van der Waals surface area contributed by atoms with Crippen LogP contribution in [0.4, 0.5) is 5.69 Å². The van der Waals surface area contributed by atoms with E-state index in [1.54, 1.807) is 0 Å². The van der Waals surface area contributed by atoms with Gasteiger partial charge in [-0.1, -0.05) is 109 Å². The average Bonchev–Trinajstić information content (AvgIpc) is 3.86. The fraction of sp³-hybridized carbons (Fsp3) is 0.271. The molecule has 0 atom stereocenters. The zero-order valence-corrected chi connectivity index (χ0v) is 34.7. The zero-order chi connectivity index (χ0) is 36.8. The van der Waals surface area contributed by atoms with Gasteiger partial charge in [-0.2, -0.15) is 0 Å². The molecular formula is C48H51IrN4-. The molecule has 4 nitrogen and oxygen atoms in total. The van der Waals surface area contributed by atoms with E-state index in [-0.39, 0.29) is 20.1 Å². The molecule has 0 aliphatic carbocycles. The number of aromatic nitrogens is 2. The second-order valence-electron chi connectivity index (χ2n) is 14.7. The third kappa shape index (κ3) is 8.75. The molecule has 0 saturated carbocycles. The number of para-hydroxylation sites is 1. The van der Waals surface area contributed by atoms with E-state index < -0.39 is 0 Å². The van der Waals surface area contributed by atoms with Crippen LogP contribution in [0.1, 0.15) is 107 Å². The van der Waals surface area contributed by atoms with Gasteiger partial charge in [-0.05, 0) is 58.1 Å². The minimum absolute atomic E-state index is 0. The summed E-state index contributed by atoms with van der Waals surface area (Å²) < 4.78 is 4.52. The smallest absolute Gasteiger partial charge is 0.248 e. The van der Waals surface area contributed by atoms with Crippen molar-refractivity contribution in [3.05, 3.63) is 162 Å². The molecule has 7 rings (SSSR count). The summed E-state index contributed by atoms with van der Waals surface area (Å²) in [6.45, 7) is 18.8. The summed E-state index contributed by atoms with van der Waals surface area (Å²) in [5, 5.41) is 0. The number of benzene rings is 5. The van der Waals surface area contributed by atoms with Gasteiger partial charge in [-0.3, -0.25) is 4.98 Å². The van der Waals surface area contributed by atoms with E-state index >= 15 is 0 Å². The first kappa shape index (κ1) is 39.5. The summed E-state index contributed by atoms with van der Waals surface area (Å²) in [5.74, 6) is 3.65. The van der Waals surface area contributed by atoms with Crippen molar-refractivity contribution in [2.24, 2.45) is 4.99 Å². The third-order valence-electron chi connectivity index (χ3n) is 9.62. The van der Waals surface area contributed by atoms with Crippen molar-refractivity contribution in [1.82, 2.24) is 9.55 Å². The molecule has 5 aromatic carbocycles. The molecule has 53 heavy (non-hydrogen) atoms. The van der Waals surface area contributed by atoms with Crippen molar-refractivity contribution >= 4 is 17.7 Å². The van der Waals surface area contributed by atoms with E-state index in [0.717, 1.165) is 29.3 Å². The second kappa shape index (κ2) is 17.9. The van der Waals surface area contributed by atoms with Crippen LogP contribution in [0.5, 0.6) is 0 Å². The molecule has 273 valence electrons. The van der Waals surface area contributed by atoms with Crippen LogP contribution in [0.15, 0.2) is 127 Å². The Kier molecular flexibility index (Phi) is 13.3. The molecular weight excluding hydrogens is 825 g/mol. The van der Waals surface area contributed by atoms with Crippen molar-refractivity contribution in [3.8, 4) is 28.2 Å². The molecule has 5 heteroatoms. The monoisotopic (exact) mass is 876 g/mol. The molecule has 0 amide bonds. The fourth-order valence-electron chi connectivity index (χ4n) is 6.96. The van der Waals surface area contributed by atoms with Crippen LogP contribution in [-0.2, 0) is 20.1 Å². The Morgan fingerprint density at radius 2 is 1.15 bits per heavy atom. The minimum atomic E-state index is 0. The number of amidine groups is 1. The van der Waals surface area contributed by atoms with Gasteiger partial charge < -0.3 is 4.57 Å². The number of hydrogen-bond acceptors (Lipinski definition) is 2. The molecule has 1 aliphatic heterocycles. The van der Waals surface area contributed by atoms with Gasteiger partial charge in [-0.15, -0.1) is 71.2 Å². The molecule has 0 saturated heterocycles. The third-order valence-corrected chi connectivity index (χ3v) is 9.62. The van der Waals surface area contributed by atoms with Gasteiger partial charge in [0.05, 0.1) is 5.82 Å². The normalized spacial score (nSPS) is 12.5. The van der Waals surface area contributed by atoms with E-state index in [4.69, 9.17) is 4.99 Å². The molecule has 0 bridgehead atoms. The van der Waals surface area contributed by atoms with Gasteiger partial charge in [-0.25, -0.2) is 4.58 Å². The summed E-state index contributed by atoms with van der Waals surface area (Å²) in [6.07, 6.45) is 6.14. The number of aliphatic imine (C=N–C) groups is 1. The largest absolute Gasteiger partial charge is 0.340 e. The Morgan fingerprint density at radius 1 is 0.604 bits per heavy atom. The van der Waals surface area contributed by atoms with Crippen LogP contribution in [0.25, 0.3) is 28.2 Å². The van der Waals surface area contributed by atoms with Crippen molar-refractivity contribution < 1.29 is 24.7 Å². The number of hydrogen-bond donors (Lipinski definition) is 0. The van der Waals surface area contributed by atoms with E-state index in [1.807, 2.05) is 42.6 Å². The predicted molar refractivity (Wildman–Crippen MR) is 219 cm³/mol. The van der Waals surface area contributed by atoms with E-state index in [0.29, 0.717) is 23.7 Å². The van der Waals surface area contributed by atoms with Crippen LogP contribution in [-0.4, -0.2) is 32.7 Å². The predicted octanol–water partition coefficient (Wildman–Crippen LogP) is 12.2. The van der Waals surface area contributed by atoms with Gasteiger partial charge >= 0.3 is 0 Å². The first-order valence-electron chi connectivity index (χ1n) is 18.7. The van der Waals surface area contributed by atoms with Crippen LogP contribution in [0.3, 0.4) is 0 Å². The summed E-state index contributed by atoms with van der Waals surface area (Å²) >= 11 is 0. The summed E-state index contributed by atoms with van der Waals surface area (Å²) in [5.41, 5.74) is 12.6. The summed E-state index contributed by atoms with van der Waals surface area (Å²) in [7, 11) is 0. The summed E-state index contributed by atoms with van der Waals surface area (Å²) in [6, 6.07) is 44.8. The topological polar surface area (TPSA) is 33.2 Å². The Balaban J connectivity index is 0.000000206. The maximum atomic E-state index is 4.72. The quantitative estimate of drug-likeness (QED) is 0.105. The SMILES string of the molecule is CC(C)c1cc(-c2ccccc2)cc(C(C)C)c1-n1ccnc1-c1[c-]cccc1.CC(C)c1cccc(C(C)C)c1[N+]1=CCN=C1c1[c-]cccc1.[Ir]. The molecule has 1 aliphatic rings. The standard InChI is InChI=1S/C27H27N2.C21H24N2.Ir/c1-19(2)24-17-23(21-11-7-5-8-12-21)18-25(20(3)4)26(24)29-16-15-28-27(29)22-13-9-6-10-14-22;1-15(2)18-11-8-12-19(16(3)4)20(18)23-14-13-22-21(23)17-9-6-5-7-10-17;/h5-13,15-20H,1-4H3;5-9,11-12,14-16H,13H2,1-4H3;/q-1;;. The minimum Gasteiger partial charge on any atom is -0.340 e. The molecule has 0 unspecified atom stereocenters. The van der Waals surface area contributed by atoms with Gasteiger partial charge in [0.2, 0.25) is 5.84 Å². The van der Waals surface area contributed by atoms with Crippen LogP contribution >= 0.6 is 0 Å². The van der Waals surface area contributed by atoms with Crippen LogP contribution < -0.4 is 0 Å². The van der Waals surface area contributed by atoms with Crippen molar-refractivity contribution in [2.45, 2.75) is 79.1 Å². The molecule has 2 heterocycles.